The van der Waals surface area contributed by atoms with Crippen molar-refractivity contribution in [1.29, 1.82) is 0 Å². The molecule has 0 radical (unpaired) electrons. The number of rotatable bonds is 7. The summed E-state index contributed by atoms with van der Waals surface area (Å²) in [6.45, 7) is 1.48. The molecule has 0 aliphatic heterocycles. The van der Waals surface area contributed by atoms with Gasteiger partial charge in [-0.1, -0.05) is 0 Å². The first-order chi connectivity index (χ1) is 10.1. The predicted octanol–water partition coefficient (Wildman–Crippen LogP) is 3.38. The monoisotopic (exact) mass is 355 g/mol. The maximum atomic E-state index is 14.0. The molecule has 7 heteroatoms. The van der Waals surface area contributed by atoms with E-state index in [0.29, 0.717) is 12.2 Å². The minimum absolute atomic E-state index is 0.0292. The second-order valence-electron chi connectivity index (χ2n) is 4.53. The Balaban J connectivity index is 1.83. The molecule has 2 aromatic rings. The maximum Gasteiger partial charge on any atom is 0.336 e. The fourth-order valence-corrected chi connectivity index (χ4v) is 2.43. The molecule has 1 aromatic carbocycles. The molecular weight excluding hydrogens is 341 g/mol. The molecule has 1 heterocycles. The highest BCUT2D eigenvalue weighted by Crippen LogP contribution is 2.27. The molecule has 0 amide bonds. The lowest BCUT2D eigenvalue weighted by molar-refractivity contribution is 0.0695. The van der Waals surface area contributed by atoms with Crippen LogP contribution in [0.15, 0.2) is 35.3 Å². The minimum atomic E-state index is -1.16. The molecule has 2 N–H and O–H groups in total. The summed E-state index contributed by atoms with van der Waals surface area (Å²) in [6.07, 6.45) is 7.20. The Labute approximate surface area is 129 Å². The second-order valence-corrected chi connectivity index (χ2v) is 5.32. The summed E-state index contributed by atoms with van der Waals surface area (Å²) >= 11 is 2.97. The van der Waals surface area contributed by atoms with Crippen LogP contribution in [-0.2, 0) is 6.54 Å². The van der Waals surface area contributed by atoms with E-state index in [-0.39, 0.29) is 10.0 Å². The number of anilines is 1. The van der Waals surface area contributed by atoms with E-state index in [1.807, 2.05) is 10.8 Å². The first kappa shape index (κ1) is 15.5. The van der Waals surface area contributed by atoms with Crippen molar-refractivity contribution in [2.24, 2.45) is 0 Å². The SMILES string of the molecule is O=C(O)c1ccc(NCCCCn2ccnc2)c(F)c1Br. The summed E-state index contributed by atoms with van der Waals surface area (Å²) in [5.41, 5.74) is 0.215. The number of aromatic carboxylic acids is 1. The van der Waals surface area contributed by atoms with Crippen molar-refractivity contribution >= 4 is 27.6 Å². The van der Waals surface area contributed by atoms with Gasteiger partial charge in [0.25, 0.3) is 0 Å². The van der Waals surface area contributed by atoms with Gasteiger partial charge in [-0.3, -0.25) is 0 Å². The molecule has 112 valence electrons. The van der Waals surface area contributed by atoms with Crippen molar-refractivity contribution in [2.45, 2.75) is 19.4 Å². The quantitative estimate of drug-likeness (QED) is 0.747. The summed E-state index contributed by atoms with van der Waals surface area (Å²) in [4.78, 5) is 14.8. The molecule has 0 saturated carbocycles. The van der Waals surface area contributed by atoms with Crippen LogP contribution in [0.4, 0.5) is 10.1 Å². The average molecular weight is 356 g/mol. The summed E-state index contributed by atoms with van der Waals surface area (Å²) in [6, 6.07) is 2.82. The van der Waals surface area contributed by atoms with Gasteiger partial charge in [-0.25, -0.2) is 14.2 Å². The van der Waals surface area contributed by atoms with Crippen LogP contribution in [0.3, 0.4) is 0 Å². The summed E-state index contributed by atoms with van der Waals surface area (Å²) < 4.78 is 15.9. The number of unbranched alkanes of at least 4 members (excludes halogenated alkanes) is 1. The molecule has 0 spiro atoms. The number of nitrogens with zero attached hydrogens (tertiary/aromatic N) is 2. The molecule has 0 atom stereocenters. The lowest BCUT2D eigenvalue weighted by atomic mass is 10.2. The molecule has 1 aromatic heterocycles. The van der Waals surface area contributed by atoms with Crippen LogP contribution < -0.4 is 5.32 Å². The maximum absolute atomic E-state index is 14.0. The van der Waals surface area contributed by atoms with Gasteiger partial charge in [0.2, 0.25) is 0 Å². The molecule has 0 aliphatic rings. The number of halogens is 2. The van der Waals surface area contributed by atoms with Crippen molar-refractivity contribution in [3.8, 4) is 0 Å². The van der Waals surface area contributed by atoms with E-state index in [9.17, 15) is 9.18 Å². The Morgan fingerprint density at radius 1 is 1.43 bits per heavy atom. The van der Waals surface area contributed by atoms with Crippen LogP contribution in [-0.4, -0.2) is 27.2 Å². The number of imidazole rings is 1. The molecule has 0 bridgehead atoms. The number of carboxylic acid groups (broad SMARTS) is 1. The van der Waals surface area contributed by atoms with Crippen LogP contribution in [0.1, 0.15) is 23.2 Å². The van der Waals surface area contributed by atoms with Crippen LogP contribution in [0.25, 0.3) is 0 Å². The molecule has 21 heavy (non-hydrogen) atoms. The highest BCUT2D eigenvalue weighted by atomic mass is 79.9. The largest absolute Gasteiger partial charge is 0.478 e. The van der Waals surface area contributed by atoms with Gasteiger partial charge in [-0.2, -0.15) is 0 Å². The molecule has 0 saturated heterocycles. The lowest BCUT2D eigenvalue weighted by Gasteiger charge is -2.10. The standard InChI is InChI=1S/C14H15BrFN3O2/c15-12-10(14(20)21)3-4-11(13(12)16)18-5-1-2-7-19-8-6-17-9-19/h3-4,6,8-9,18H,1-2,5,7H2,(H,20,21). The number of carboxylic acids is 1. The van der Waals surface area contributed by atoms with Gasteiger partial charge in [0, 0.05) is 25.5 Å². The van der Waals surface area contributed by atoms with Gasteiger partial charge < -0.3 is 15.0 Å². The molecule has 5 nitrogen and oxygen atoms in total. The summed E-state index contributed by atoms with van der Waals surface area (Å²) in [5.74, 6) is -1.74. The number of aryl methyl sites for hydroxylation is 1. The van der Waals surface area contributed by atoms with Gasteiger partial charge in [0.05, 0.1) is 22.1 Å². The van der Waals surface area contributed by atoms with E-state index in [1.54, 1.807) is 12.5 Å². The first-order valence-electron chi connectivity index (χ1n) is 6.50. The van der Waals surface area contributed by atoms with E-state index >= 15 is 0 Å². The number of benzene rings is 1. The van der Waals surface area contributed by atoms with Crippen LogP contribution in [0.2, 0.25) is 0 Å². The van der Waals surface area contributed by atoms with E-state index in [4.69, 9.17) is 5.11 Å². The topological polar surface area (TPSA) is 67.2 Å². The van der Waals surface area contributed by atoms with E-state index in [0.717, 1.165) is 19.4 Å². The Kier molecular flexibility index (Phi) is 5.32. The highest BCUT2D eigenvalue weighted by molar-refractivity contribution is 9.10. The Morgan fingerprint density at radius 3 is 2.90 bits per heavy atom. The molecule has 2 rings (SSSR count). The lowest BCUT2D eigenvalue weighted by Crippen LogP contribution is -2.07. The predicted molar refractivity (Wildman–Crippen MR) is 81.0 cm³/mol. The minimum Gasteiger partial charge on any atom is -0.478 e. The number of nitrogens with one attached hydrogen (secondary N) is 1. The first-order valence-corrected chi connectivity index (χ1v) is 7.30. The third-order valence-electron chi connectivity index (χ3n) is 3.03. The Morgan fingerprint density at radius 2 is 2.24 bits per heavy atom. The molecule has 0 aliphatic carbocycles. The number of hydrogen-bond donors (Lipinski definition) is 2. The van der Waals surface area contributed by atoms with Gasteiger partial charge >= 0.3 is 5.97 Å². The zero-order chi connectivity index (χ0) is 15.2. The third-order valence-corrected chi connectivity index (χ3v) is 3.81. The van der Waals surface area contributed by atoms with Crippen LogP contribution >= 0.6 is 15.9 Å². The number of carbonyl (C=O) groups is 1. The van der Waals surface area contributed by atoms with Crippen molar-refractivity contribution < 1.29 is 14.3 Å². The molecular formula is C14H15BrFN3O2. The molecule has 0 unspecified atom stereocenters. The van der Waals surface area contributed by atoms with Gasteiger partial charge in [0.1, 0.15) is 0 Å². The van der Waals surface area contributed by atoms with E-state index in [1.165, 1.54) is 12.1 Å². The normalized spacial score (nSPS) is 10.6. The van der Waals surface area contributed by atoms with Gasteiger partial charge in [-0.15, -0.1) is 0 Å². The van der Waals surface area contributed by atoms with Gasteiger partial charge in [-0.05, 0) is 40.9 Å². The average Bonchev–Trinajstić information content (AvgIpc) is 2.96. The Hall–Kier alpha value is -1.89. The number of aromatic nitrogens is 2. The van der Waals surface area contributed by atoms with Crippen molar-refractivity contribution in [2.75, 3.05) is 11.9 Å². The fraction of sp³-hybridized carbons (Fsp3) is 0.286. The second kappa shape index (κ2) is 7.21. The smallest absolute Gasteiger partial charge is 0.336 e. The van der Waals surface area contributed by atoms with E-state index < -0.39 is 11.8 Å². The summed E-state index contributed by atoms with van der Waals surface area (Å²) in [7, 11) is 0. The van der Waals surface area contributed by atoms with Crippen molar-refractivity contribution in [3.63, 3.8) is 0 Å². The van der Waals surface area contributed by atoms with Crippen LogP contribution in [0, 0.1) is 5.82 Å². The Bertz CT molecular complexity index is 617. The van der Waals surface area contributed by atoms with Crippen molar-refractivity contribution in [1.82, 2.24) is 9.55 Å². The number of hydrogen-bond acceptors (Lipinski definition) is 3. The summed E-state index contributed by atoms with van der Waals surface area (Å²) in [5, 5.41) is 11.9. The highest BCUT2D eigenvalue weighted by Gasteiger charge is 2.15. The zero-order valence-electron chi connectivity index (χ0n) is 11.2. The zero-order valence-corrected chi connectivity index (χ0v) is 12.8. The third kappa shape index (κ3) is 4.04. The van der Waals surface area contributed by atoms with Crippen molar-refractivity contribution in [3.05, 3.63) is 46.7 Å². The van der Waals surface area contributed by atoms with E-state index in [2.05, 4.69) is 26.2 Å². The fourth-order valence-electron chi connectivity index (χ4n) is 1.91. The van der Waals surface area contributed by atoms with Gasteiger partial charge in [0.15, 0.2) is 5.82 Å². The van der Waals surface area contributed by atoms with Crippen LogP contribution in [0.5, 0.6) is 0 Å². The molecule has 0 fully saturated rings.